The number of hydrogen-bond donors (Lipinski definition) is 0. The van der Waals surface area contributed by atoms with Crippen LogP contribution < -0.4 is 0 Å². The van der Waals surface area contributed by atoms with Gasteiger partial charge in [-0.15, -0.1) is 0 Å². The normalized spacial score (nSPS) is 11.8. The van der Waals surface area contributed by atoms with Crippen molar-refractivity contribution >= 4 is 73.0 Å². The highest BCUT2D eigenvalue weighted by molar-refractivity contribution is 8.77. The number of ether oxygens (including phenoxy) is 5. The molecule has 0 radical (unpaired) electrons. The number of unbranched alkanes of at least 4 members (excludes halogenated alkanes) is 55. The Morgan fingerprint density at radius 2 is 0.322 bits per heavy atom. The quantitative estimate of drug-likeness (QED) is 0.0246. The van der Waals surface area contributed by atoms with E-state index in [1.807, 2.05) is 43.2 Å². The molecule has 0 aromatic heterocycles. The SMILES string of the molecule is CCCCCCCCCCCCCCOC(=O)CCN(CCSSCCN(C)CCN(CCC(=O)OCCCCCCCCCCCCCC)CCC(=O)OCCCCCCCCCCCCCC)CCSSCCN(C)CCN(CCC(=O)OCCCCCCCCCCCCCC)CCC(=O)OCCCCCCCCCCCCCC. The van der Waals surface area contributed by atoms with E-state index in [0.29, 0.717) is 97.9 Å². The summed E-state index contributed by atoms with van der Waals surface area (Å²) in [4.78, 5) is 77.0. The van der Waals surface area contributed by atoms with E-state index >= 15 is 0 Å². The molecule has 0 aliphatic carbocycles. The van der Waals surface area contributed by atoms with Crippen molar-refractivity contribution in [1.29, 1.82) is 0 Å². The first-order valence-electron chi connectivity index (χ1n) is 50.8. The molecule has 0 atom stereocenters. The van der Waals surface area contributed by atoms with Crippen LogP contribution in [0, 0.1) is 0 Å². The molecule has 700 valence electrons. The highest BCUT2D eigenvalue weighted by atomic mass is 33.1. The van der Waals surface area contributed by atoms with Crippen LogP contribution in [0.15, 0.2) is 0 Å². The van der Waals surface area contributed by atoms with Gasteiger partial charge in [0.1, 0.15) is 0 Å². The Morgan fingerprint density at radius 3 is 0.492 bits per heavy atom. The number of carbonyl (C=O) groups is 5. The summed E-state index contributed by atoms with van der Waals surface area (Å²) in [6.07, 6.45) is 78.2. The Morgan fingerprint density at radius 1 is 0.178 bits per heavy atom. The van der Waals surface area contributed by atoms with E-state index in [0.717, 1.165) is 140 Å². The molecule has 118 heavy (non-hydrogen) atoms. The third-order valence-electron chi connectivity index (χ3n) is 23.3. The average Bonchev–Trinajstić information content (AvgIpc) is 1.00. The molecule has 19 heteroatoms. The monoisotopic (exact) mass is 1740 g/mol. The summed E-state index contributed by atoms with van der Waals surface area (Å²) in [7, 11) is 12.0. The average molecular weight is 1740 g/mol. The van der Waals surface area contributed by atoms with Gasteiger partial charge >= 0.3 is 29.8 Å². The Kier molecular flexibility index (Phi) is 96.5. The van der Waals surface area contributed by atoms with E-state index in [1.165, 1.54) is 321 Å². The fourth-order valence-corrected chi connectivity index (χ4v) is 19.3. The van der Waals surface area contributed by atoms with Crippen LogP contribution in [0.1, 0.15) is 452 Å². The molecular weight excluding hydrogens is 1550 g/mol. The van der Waals surface area contributed by atoms with Gasteiger partial charge in [0.15, 0.2) is 0 Å². The second-order valence-electron chi connectivity index (χ2n) is 34.7. The molecule has 0 saturated heterocycles. The van der Waals surface area contributed by atoms with Crippen molar-refractivity contribution < 1.29 is 47.7 Å². The summed E-state index contributed by atoms with van der Waals surface area (Å²) in [6, 6.07) is 0. The molecule has 15 nitrogen and oxygen atoms in total. The fraction of sp³-hybridized carbons (Fsp3) is 0.949. The van der Waals surface area contributed by atoms with Gasteiger partial charge in [-0.05, 0) is 46.2 Å². The minimum Gasteiger partial charge on any atom is -0.466 e. The van der Waals surface area contributed by atoms with E-state index in [1.54, 1.807) is 0 Å². The van der Waals surface area contributed by atoms with Crippen LogP contribution in [0.2, 0.25) is 0 Å². The number of carbonyl (C=O) groups excluding carboxylic acids is 5. The lowest BCUT2D eigenvalue weighted by molar-refractivity contribution is -0.146. The molecule has 0 bridgehead atoms. The molecule has 0 amide bonds. The van der Waals surface area contributed by atoms with Crippen molar-refractivity contribution in [2.45, 2.75) is 452 Å². The number of likely N-dealkylation sites (N-methyl/N-ethyl adjacent to an activating group) is 2. The zero-order valence-corrected chi connectivity index (χ0v) is 82.2. The molecule has 0 rings (SSSR count). The molecule has 0 fully saturated rings. The number of hydrogen-bond acceptors (Lipinski definition) is 19. The van der Waals surface area contributed by atoms with Crippen molar-refractivity contribution in [1.82, 2.24) is 24.5 Å². The maximum Gasteiger partial charge on any atom is 0.307 e. The maximum absolute atomic E-state index is 13.2. The zero-order valence-electron chi connectivity index (χ0n) is 79.0. The molecule has 0 aromatic carbocycles. The Labute approximate surface area is 747 Å². The van der Waals surface area contributed by atoms with E-state index in [9.17, 15) is 24.0 Å². The summed E-state index contributed by atoms with van der Waals surface area (Å²) in [5.74, 6) is 3.18. The van der Waals surface area contributed by atoms with Crippen LogP contribution in [0.4, 0.5) is 0 Å². The van der Waals surface area contributed by atoms with E-state index < -0.39 is 0 Å². The maximum atomic E-state index is 13.2. The van der Waals surface area contributed by atoms with E-state index in [-0.39, 0.29) is 29.8 Å². The second-order valence-corrected chi connectivity index (χ2v) is 40.1. The lowest BCUT2D eigenvalue weighted by atomic mass is 10.1. The van der Waals surface area contributed by atoms with Crippen LogP contribution >= 0.6 is 43.2 Å². The van der Waals surface area contributed by atoms with Gasteiger partial charge in [-0.3, -0.25) is 24.0 Å². The Bertz CT molecular complexity index is 1890. The number of nitrogens with zero attached hydrogens (tertiary/aromatic N) is 5. The van der Waals surface area contributed by atoms with Gasteiger partial charge in [-0.25, -0.2) is 0 Å². The first kappa shape index (κ1) is 117. The lowest BCUT2D eigenvalue weighted by Gasteiger charge is -2.25. The molecule has 0 N–H and O–H groups in total. The van der Waals surface area contributed by atoms with Gasteiger partial charge in [-0.1, -0.05) is 431 Å². The first-order valence-corrected chi connectivity index (χ1v) is 55.8. The number of esters is 5. The van der Waals surface area contributed by atoms with Crippen LogP contribution in [0.5, 0.6) is 0 Å². The van der Waals surface area contributed by atoms with Gasteiger partial charge in [0.25, 0.3) is 0 Å². The highest BCUT2D eigenvalue weighted by Crippen LogP contribution is 2.25. The van der Waals surface area contributed by atoms with Crippen molar-refractivity contribution in [2.75, 3.05) is 155 Å². The molecule has 0 aromatic rings. The minimum atomic E-state index is -0.152. The molecule has 0 saturated carbocycles. The second kappa shape index (κ2) is 97.7. The van der Waals surface area contributed by atoms with Crippen LogP contribution in [0.3, 0.4) is 0 Å². The lowest BCUT2D eigenvalue weighted by Crippen LogP contribution is -2.37. The van der Waals surface area contributed by atoms with Gasteiger partial charge in [0, 0.05) is 108 Å². The smallest absolute Gasteiger partial charge is 0.307 e. The Balaban J connectivity index is 5.48. The predicted molar refractivity (Wildman–Crippen MR) is 517 cm³/mol. The van der Waals surface area contributed by atoms with Crippen molar-refractivity contribution in [2.24, 2.45) is 0 Å². The molecule has 0 aliphatic rings. The van der Waals surface area contributed by atoms with Crippen LogP contribution in [0.25, 0.3) is 0 Å². The van der Waals surface area contributed by atoms with Crippen molar-refractivity contribution in [3.8, 4) is 0 Å². The first-order chi connectivity index (χ1) is 58.0. The summed E-state index contributed by atoms with van der Waals surface area (Å²) >= 11 is 0. The molecule has 0 aliphatic heterocycles. The Hall–Kier alpha value is -1.45. The van der Waals surface area contributed by atoms with Gasteiger partial charge in [0.05, 0.1) is 65.1 Å². The minimum absolute atomic E-state index is 0.0924. The zero-order chi connectivity index (χ0) is 85.7. The van der Waals surface area contributed by atoms with Crippen LogP contribution in [-0.2, 0) is 47.7 Å². The van der Waals surface area contributed by atoms with Crippen LogP contribution in [-0.4, -0.2) is 210 Å². The summed E-state index contributed by atoms with van der Waals surface area (Å²) < 4.78 is 28.7. The largest absolute Gasteiger partial charge is 0.466 e. The van der Waals surface area contributed by atoms with E-state index in [4.69, 9.17) is 23.7 Å². The predicted octanol–water partition coefficient (Wildman–Crippen LogP) is 27.7. The topological polar surface area (TPSA) is 148 Å². The fourth-order valence-electron chi connectivity index (χ4n) is 15.1. The van der Waals surface area contributed by atoms with Gasteiger partial charge < -0.3 is 48.2 Å². The third kappa shape index (κ3) is 92.2. The summed E-state index contributed by atoms with van der Waals surface area (Å²) in [6.45, 7) is 23.6. The number of rotatable bonds is 100. The van der Waals surface area contributed by atoms with Gasteiger partial charge in [-0.2, -0.15) is 0 Å². The van der Waals surface area contributed by atoms with Crippen molar-refractivity contribution in [3.05, 3.63) is 0 Å². The molecule has 0 unspecified atom stereocenters. The van der Waals surface area contributed by atoms with Crippen molar-refractivity contribution in [3.63, 3.8) is 0 Å². The highest BCUT2D eigenvalue weighted by Gasteiger charge is 2.18. The third-order valence-corrected chi connectivity index (χ3v) is 28.1. The van der Waals surface area contributed by atoms with E-state index in [2.05, 4.69) is 73.2 Å². The standard InChI is InChI=1S/C99H195N5O10S4/c1-8-13-18-23-28-33-38-43-48-53-58-63-86-110-95(105)68-73-102(74-69-96(106)111-87-64-59-54-49-44-39-34-29-24-19-14-9-2)80-78-100(6)82-91-115-117-93-84-104(77-72-99(109)114-90-67-62-57-52-47-42-37-32-27-22-17-12-5)85-94-118-116-92-83-101(7)79-81-103(75-70-97(107)112-88-65-60-55-50-45-40-35-30-25-20-15-10-3)76-71-98(108)113-89-66-61-56-51-46-41-36-31-26-21-16-11-4/h8-94H2,1-7H3. The molecule has 0 spiro atoms. The molecule has 0 heterocycles. The molecular formula is C99H195N5O10S4. The summed E-state index contributed by atoms with van der Waals surface area (Å²) in [5.41, 5.74) is 0. The summed E-state index contributed by atoms with van der Waals surface area (Å²) in [5, 5.41) is 0. The van der Waals surface area contributed by atoms with Gasteiger partial charge in [0.2, 0.25) is 0 Å².